The Bertz CT molecular complexity index is 474. The van der Waals surface area contributed by atoms with Gasteiger partial charge in [-0.25, -0.2) is 0 Å². The third-order valence-electron chi connectivity index (χ3n) is 8.05. The first-order valence-corrected chi connectivity index (χ1v) is 18.8. The van der Waals surface area contributed by atoms with E-state index in [0.717, 1.165) is 12.8 Å². The lowest BCUT2D eigenvalue weighted by Crippen LogP contribution is -2.21. The number of aliphatic hydroxyl groups is 2. The summed E-state index contributed by atoms with van der Waals surface area (Å²) in [6.07, 6.45) is 36.0. The minimum Gasteiger partial charge on any atom is -0.463 e. The predicted octanol–water partition coefficient (Wildman–Crippen LogP) is 10.4. The Kier molecular flexibility index (Phi) is 41.8. The molecule has 0 aromatic rings. The fourth-order valence-corrected chi connectivity index (χ4v) is 5.12. The molecule has 42 heavy (non-hydrogen) atoms. The maximum Gasteiger partial charge on any atom is 0.305 e. The molecule has 254 valence electrons. The average Bonchev–Trinajstić information content (AvgIpc) is 3.00. The molecule has 0 aliphatic carbocycles. The van der Waals surface area contributed by atoms with Crippen LogP contribution in [0.3, 0.4) is 0 Å². The van der Waals surface area contributed by atoms with E-state index in [2.05, 4.69) is 26.1 Å². The first kappa shape index (κ1) is 43.5. The van der Waals surface area contributed by atoms with Crippen LogP contribution in [0.2, 0.25) is 0 Å². The lowest BCUT2D eigenvalue weighted by molar-refractivity contribution is -0.147. The van der Waals surface area contributed by atoms with Gasteiger partial charge >= 0.3 is 5.97 Å². The van der Waals surface area contributed by atoms with Crippen LogP contribution in [-0.2, 0) is 9.53 Å². The summed E-state index contributed by atoms with van der Waals surface area (Å²) in [5.41, 5.74) is 0. The van der Waals surface area contributed by atoms with E-state index in [-0.39, 0.29) is 19.2 Å². The van der Waals surface area contributed by atoms with Gasteiger partial charge in [0.2, 0.25) is 0 Å². The molecule has 0 aromatic carbocycles. The maximum atomic E-state index is 11.4. The third kappa shape index (κ3) is 41.5. The minimum atomic E-state index is -0.954. The van der Waals surface area contributed by atoms with E-state index in [0.29, 0.717) is 6.42 Å². The van der Waals surface area contributed by atoms with Gasteiger partial charge in [-0.3, -0.25) is 4.79 Å². The van der Waals surface area contributed by atoms with E-state index < -0.39 is 6.10 Å². The number of hydrogen-bond acceptors (Lipinski definition) is 5. The largest absolute Gasteiger partial charge is 0.463 e. The van der Waals surface area contributed by atoms with Crippen molar-refractivity contribution in [1.29, 1.82) is 0 Å². The second-order valence-corrected chi connectivity index (χ2v) is 12.5. The first-order chi connectivity index (χ1) is 20.6. The highest BCUT2D eigenvalue weighted by molar-refractivity contribution is 5.69. The van der Waals surface area contributed by atoms with Crippen LogP contribution in [0.4, 0.5) is 0 Å². The second-order valence-electron chi connectivity index (χ2n) is 12.5. The number of unbranched alkanes of at least 4 members (excludes halogenated alkanes) is 24. The molecule has 1 unspecified atom stereocenters. The quantitative estimate of drug-likeness (QED) is 0.0516. The molecule has 0 aromatic heterocycles. The zero-order valence-electron chi connectivity index (χ0n) is 28.9. The van der Waals surface area contributed by atoms with Crippen molar-refractivity contribution in [3.63, 3.8) is 0 Å². The van der Waals surface area contributed by atoms with Gasteiger partial charge in [-0.1, -0.05) is 175 Å². The Morgan fingerprint density at radius 3 is 1.24 bits per heavy atom. The summed E-state index contributed by atoms with van der Waals surface area (Å²) in [6.45, 7) is 8.78. The molecule has 0 fully saturated rings. The molecule has 0 rings (SSSR count). The van der Waals surface area contributed by atoms with Crippen LogP contribution in [-0.4, -0.2) is 48.6 Å². The van der Waals surface area contributed by atoms with Gasteiger partial charge < -0.3 is 20.3 Å². The number of ether oxygens (including phenoxy) is 1. The fourth-order valence-electron chi connectivity index (χ4n) is 5.12. The SMILES string of the molecule is CCCCCCCCCCCCCCCCCC(=O)OCC(O)CO.CCCCCCCCCCCCNCCCC. The summed E-state index contributed by atoms with van der Waals surface area (Å²) in [5, 5.41) is 21.2. The van der Waals surface area contributed by atoms with Gasteiger partial charge in [-0.15, -0.1) is 0 Å². The number of hydrogen-bond donors (Lipinski definition) is 3. The van der Waals surface area contributed by atoms with E-state index in [1.807, 2.05) is 0 Å². The monoisotopic (exact) mass is 600 g/mol. The number of rotatable bonds is 33. The molecule has 0 aliphatic rings. The summed E-state index contributed by atoms with van der Waals surface area (Å²) in [4.78, 5) is 11.4. The Hall–Kier alpha value is -0.650. The Morgan fingerprint density at radius 1 is 0.524 bits per heavy atom. The lowest BCUT2D eigenvalue weighted by Gasteiger charge is -2.08. The van der Waals surface area contributed by atoms with E-state index in [1.165, 1.54) is 174 Å². The van der Waals surface area contributed by atoms with Crippen molar-refractivity contribution in [3.05, 3.63) is 0 Å². The number of carbonyl (C=O) groups excluding carboxylic acids is 1. The Morgan fingerprint density at radius 2 is 0.857 bits per heavy atom. The normalized spacial score (nSPS) is 11.7. The van der Waals surface area contributed by atoms with Gasteiger partial charge in [0.05, 0.1) is 6.61 Å². The van der Waals surface area contributed by atoms with E-state index in [1.54, 1.807) is 0 Å². The number of nitrogens with one attached hydrogen (secondary N) is 1. The first-order valence-electron chi connectivity index (χ1n) is 18.8. The predicted molar refractivity (Wildman–Crippen MR) is 183 cm³/mol. The van der Waals surface area contributed by atoms with Crippen molar-refractivity contribution in [2.75, 3.05) is 26.3 Å². The smallest absolute Gasteiger partial charge is 0.305 e. The zero-order chi connectivity index (χ0) is 31.2. The van der Waals surface area contributed by atoms with Crippen molar-refractivity contribution in [2.45, 2.75) is 207 Å². The highest BCUT2D eigenvalue weighted by Crippen LogP contribution is 2.14. The van der Waals surface area contributed by atoms with Crippen LogP contribution < -0.4 is 5.32 Å². The second kappa shape index (κ2) is 40.4. The summed E-state index contributed by atoms with van der Waals surface area (Å²) < 4.78 is 4.86. The molecule has 0 heterocycles. The van der Waals surface area contributed by atoms with Crippen LogP contribution in [0, 0.1) is 0 Å². The minimum absolute atomic E-state index is 0.103. The van der Waals surface area contributed by atoms with Crippen LogP contribution >= 0.6 is 0 Å². The van der Waals surface area contributed by atoms with Gasteiger partial charge in [0, 0.05) is 6.42 Å². The summed E-state index contributed by atoms with van der Waals surface area (Å²) >= 11 is 0. The van der Waals surface area contributed by atoms with Crippen molar-refractivity contribution in [3.8, 4) is 0 Å². The Balaban J connectivity index is 0. The van der Waals surface area contributed by atoms with Crippen molar-refractivity contribution < 1.29 is 19.7 Å². The molecule has 5 nitrogen and oxygen atoms in total. The topological polar surface area (TPSA) is 78.8 Å². The summed E-state index contributed by atoms with van der Waals surface area (Å²) in [6, 6.07) is 0. The molecular weight excluding hydrogens is 522 g/mol. The van der Waals surface area contributed by atoms with Gasteiger partial charge in [0.15, 0.2) is 0 Å². The fraction of sp³-hybridized carbons (Fsp3) is 0.973. The molecule has 1 atom stereocenters. The number of carbonyl (C=O) groups is 1. The Labute approximate surface area is 263 Å². The van der Waals surface area contributed by atoms with E-state index in [4.69, 9.17) is 14.9 Å². The molecule has 0 aliphatic heterocycles. The molecular formula is C37H77NO4. The average molecular weight is 600 g/mol. The molecule has 3 N–H and O–H groups in total. The van der Waals surface area contributed by atoms with Gasteiger partial charge in [0.25, 0.3) is 0 Å². The highest BCUT2D eigenvalue weighted by Gasteiger charge is 2.07. The van der Waals surface area contributed by atoms with Gasteiger partial charge in [-0.05, 0) is 32.4 Å². The van der Waals surface area contributed by atoms with E-state index in [9.17, 15) is 4.79 Å². The standard InChI is InChI=1S/C21H42O4.C16H35N/c1-2-3-4-5-6-7-8-9-10-11-12-13-14-15-16-17-21(24)25-19-20(23)18-22;1-3-5-7-8-9-10-11-12-13-14-16-17-15-6-4-2/h20,22-23H,2-19H2,1H3;17H,3-16H2,1-2H3. The molecule has 0 saturated heterocycles. The highest BCUT2D eigenvalue weighted by atomic mass is 16.5. The van der Waals surface area contributed by atoms with Crippen molar-refractivity contribution in [1.82, 2.24) is 5.32 Å². The zero-order valence-corrected chi connectivity index (χ0v) is 28.9. The lowest BCUT2D eigenvalue weighted by atomic mass is 10.0. The molecule has 0 spiro atoms. The van der Waals surface area contributed by atoms with Gasteiger partial charge in [0.1, 0.15) is 12.7 Å². The molecule has 0 bridgehead atoms. The summed E-state index contributed by atoms with van der Waals surface area (Å²) in [5.74, 6) is -0.276. The van der Waals surface area contributed by atoms with Crippen LogP contribution in [0.25, 0.3) is 0 Å². The summed E-state index contributed by atoms with van der Waals surface area (Å²) in [7, 11) is 0. The number of esters is 1. The van der Waals surface area contributed by atoms with Crippen LogP contribution in [0.5, 0.6) is 0 Å². The van der Waals surface area contributed by atoms with Crippen LogP contribution in [0.1, 0.15) is 201 Å². The van der Waals surface area contributed by atoms with Crippen molar-refractivity contribution in [2.24, 2.45) is 0 Å². The van der Waals surface area contributed by atoms with E-state index >= 15 is 0 Å². The van der Waals surface area contributed by atoms with Crippen molar-refractivity contribution >= 4 is 5.97 Å². The third-order valence-corrected chi connectivity index (χ3v) is 8.05. The molecule has 0 saturated carbocycles. The molecule has 0 radical (unpaired) electrons. The molecule has 5 heteroatoms. The van der Waals surface area contributed by atoms with Crippen LogP contribution in [0.15, 0.2) is 0 Å². The number of aliphatic hydroxyl groups excluding tert-OH is 2. The van der Waals surface area contributed by atoms with Gasteiger partial charge in [-0.2, -0.15) is 0 Å². The maximum absolute atomic E-state index is 11.4. The molecule has 0 amide bonds.